The van der Waals surface area contributed by atoms with E-state index in [9.17, 15) is 5.21 Å². The number of hydrogen-bond donors (Lipinski definition) is 1. The maximum Gasteiger partial charge on any atom is 0.122 e. The molecule has 1 atom stereocenters. The van der Waals surface area contributed by atoms with Crippen LogP contribution in [0.2, 0.25) is 0 Å². The van der Waals surface area contributed by atoms with Crippen molar-refractivity contribution >= 4 is 0 Å². The molecule has 0 aliphatic heterocycles. The first-order valence-corrected chi connectivity index (χ1v) is 3.17. The highest BCUT2D eigenvalue weighted by Gasteiger charge is 2.18. The highest BCUT2D eigenvalue weighted by molar-refractivity contribution is 4.61. The number of nitrogens with one attached hydrogen (secondary N) is 1. The molecule has 1 N–H and O–H groups in total. The van der Waals surface area contributed by atoms with Gasteiger partial charge in [0.25, 0.3) is 0 Å². The van der Waals surface area contributed by atoms with Gasteiger partial charge in [0.1, 0.15) is 5.60 Å². The van der Waals surface area contributed by atoms with Crippen molar-refractivity contribution < 1.29 is 10.1 Å². The van der Waals surface area contributed by atoms with E-state index in [0.29, 0.717) is 0 Å². The van der Waals surface area contributed by atoms with Crippen molar-refractivity contribution in [1.29, 1.82) is 0 Å². The molecule has 0 saturated heterocycles. The van der Waals surface area contributed by atoms with Crippen LogP contribution in [0.1, 0.15) is 27.2 Å². The molecule has 0 rings (SSSR count). The van der Waals surface area contributed by atoms with Gasteiger partial charge in [0, 0.05) is 0 Å². The van der Waals surface area contributed by atoms with Gasteiger partial charge in [-0.05, 0) is 20.3 Å². The molecule has 9 heavy (non-hydrogen) atoms. The van der Waals surface area contributed by atoms with Gasteiger partial charge in [-0.1, -0.05) is 6.92 Å². The van der Waals surface area contributed by atoms with Crippen LogP contribution in [0.4, 0.5) is 0 Å². The standard InChI is InChI=1S/C6H15NO2/c1-5-6(2,3)9-7(4)8/h7H,5H2,1-4H3. The van der Waals surface area contributed by atoms with Crippen LogP contribution in [0.3, 0.4) is 0 Å². The van der Waals surface area contributed by atoms with Gasteiger partial charge in [-0.25, -0.2) is 5.23 Å². The van der Waals surface area contributed by atoms with E-state index in [1.54, 1.807) is 0 Å². The normalized spacial score (nSPS) is 15.7. The lowest BCUT2D eigenvalue weighted by atomic mass is 10.1. The Labute approximate surface area is 56.1 Å². The first-order chi connectivity index (χ1) is 3.98. The van der Waals surface area contributed by atoms with Gasteiger partial charge in [0.2, 0.25) is 0 Å². The Bertz CT molecular complexity index is 81.1. The number of hydrogen-bond acceptors (Lipinski definition) is 2. The molecule has 0 aromatic carbocycles. The minimum absolute atomic E-state index is 0.207. The molecule has 0 heterocycles. The van der Waals surface area contributed by atoms with Crippen LogP contribution in [0.15, 0.2) is 0 Å². The summed E-state index contributed by atoms with van der Waals surface area (Å²) in [5, 5.41) is 10.2. The van der Waals surface area contributed by atoms with Crippen LogP contribution in [0.25, 0.3) is 0 Å². The molecule has 1 unspecified atom stereocenters. The first-order valence-electron chi connectivity index (χ1n) is 3.17. The third-order valence-corrected chi connectivity index (χ3v) is 1.27. The summed E-state index contributed by atoms with van der Waals surface area (Å²) in [5.41, 5.74) is -0.286. The number of hydroxylamine groups is 2. The van der Waals surface area contributed by atoms with E-state index in [2.05, 4.69) is 0 Å². The molecule has 0 radical (unpaired) electrons. The summed E-state index contributed by atoms with van der Waals surface area (Å²) in [7, 11) is 1.43. The summed E-state index contributed by atoms with van der Waals surface area (Å²) < 4.78 is 0. The van der Waals surface area contributed by atoms with Crippen LogP contribution in [-0.2, 0) is 4.84 Å². The lowest BCUT2D eigenvalue weighted by Gasteiger charge is -2.26. The zero-order chi connectivity index (χ0) is 7.49. The molecule has 56 valence electrons. The molecule has 0 aromatic heterocycles. The molecule has 0 fully saturated rings. The molecular weight excluding hydrogens is 118 g/mol. The van der Waals surface area contributed by atoms with Gasteiger partial charge >= 0.3 is 0 Å². The minimum atomic E-state index is -0.286. The summed E-state index contributed by atoms with van der Waals surface area (Å²) in [4.78, 5) is 4.95. The predicted molar refractivity (Wildman–Crippen MR) is 35.7 cm³/mol. The fraction of sp³-hybridized carbons (Fsp3) is 1.00. The smallest absolute Gasteiger partial charge is 0.122 e. The lowest BCUT2D eigenvalue weighted by Crippen LogP contribution is -3.04. The molecule has 0 aliphatic carbocycles. The summed E-state index contributed by atoms with van der Waals surface area (Å²) in [6.45, 7) is 5.78. The Balaban J connectivity index is 3.58. The molecule has 0 bridgehead atoms. The largest absolute Gasteiger partial charge is 0.600 e. The average molecular weight is 133 g/mol. The molecule has 0 spiro atoms. The maximum atomic E-state index is 10.4. The SMILES string of the molecule is CCC(C)(C)O[NH+](C)[O-]. The zero-order valence-electron chi connectivity index (χ0n) is 6.52. The molecule has 0 aliphatic rings. The van der Waals surface area contributed by atoms with Gasteiger partial charge in [-0.2, -0.15) is 4.84 Å². The topological polar surface area (TPSA) is 36.7 Å². The third-order valence-electron chi connectivity index (χ3n) is 1.27. The number of rotatable bonds is 3. The predicted octanol–water partition coefficient (Wildman–Crippen LogP) is 0.119. The van der Waals surface area contributed by atoms with Crippen molar-refractivity contribution in [3.8, 4) is 0 Å². The van der Waals surface area contributed by atoms with E-state index in [0.717, 1.165) is 6.42 Å². The van der Waals surface area contributed by atoms with Crippen LogP contribution in [-0.4, -0.2) is 12.6 Å². The Morgan fingerprint density at radius 3 is 2.11 bits per heavy atom. The average Bonchev–Trinajstić information content (AvgIpc) is 1.63. The van der Waals surface area contributed by atoms with Crippen molar-refractivity contribution in [2.75, 3.05) is 7.05 Å². The van der Waals surface area contributed by atoms with Gasteiger partial charge in [-0.15, -0.1) is 0 Å². The van der Waals surface area contributed by atoms with Crippen molar-refractivity contribution in [2.24, 2.45) is 0 Å². The zero-order valence-corrected chi connectivity index (χ0v) is 6.52. The van der Waals surface area contributed by atoms with E-state index in [4.69, 9.17) is 4.84 Å². The van der Waals surface area contributed by atoms with Gasteiger partial charge in [0.05, 0.1) is 7.05 Å². The van der Waals surface area contributed by atoms with Crippen LogP contribution in [0, 0.1) is 5.21 Å². The maximum absolute atomic E-state index is 10.4. The van der Waals surface area contributed by atoms with Crippen molar-refractivity contribution in [3.05, 3.63) is 5.21 Å². The summed E-state index contributed by atoms with van der Waals surface area (Å²) in [6.07, 6.45) is 0.854. The van der Waals surface area contributed by atoms with Crippen LogP contribution in [0.5, 0.6) is 0 Å². The van der Waals surface area contributed by atoms with Crippen molar-refractivity contribution in [3.63, 3.8) is 0 Å². The number of quaternary nitrogens is 1. The van der Waals surface area contributed by atoms with Crippen LogP contribution < -0.4 is 5.23 Å². The summed E-state index contributed by atoms with van der Waals surface area (Å²) >= 11 is 0. The van der Waals surface area contributed by atoms with Crippen molar-refractivity contribution in [2.45, 2.75) is 32.8 Å². The molecule has 0 amide bonds. The first kappa shape index (κ1) is 8.88. The van der Waals surface area contributed by atoms with E-state index in [1.165, 1.54) is 7.05 Å². The molecule has 0 aromatic rings. The molecular formula is C6H15NO2. The highest BCUT2D eigenvalue weighted by Crippen LogP contribution is 2.08. The van der Waals surface area contributed by atoms with E-state index in [1.807, 2.05) is 20.8 Å². The Kier molecular flexibility index (Phi) is 3.11. The fourth-order valence-electron chi connectivity index (χ4n) is 0.461. The highest BCUT2D eigenvalue weighted by atomic mass is 16.9. The summed E-state index contributed by atoms with van der Waals surface area (Å²) in [5.74, 6) is 0. The third kappa shape index (κ3) is 4.39. The second-order valence-electron chi connectivity index (χ2n) is 2.71. The summed E-state index contributed by atoms with van der Waals surface area (Å²) in [6, 6.07) is 0. The second-order valence-corrected chi connectivity index (χ2v) is 2.71. The minimum Gasteiger partial charge on any atom is -0.600 e. The quantitative estimate of drug-likeness (QED) is 0.555. The van der Waals surface area contributed by atoms with Crippen molar-refractivity contribution in [1.82, 2.24) is 0 Å². The lowest BCUT2D eigenvalue weighted by molar-refractivity contribution is -1.05. The molecule has 0 saturated carbocycles. The Hall–Kier alpha value is -0.120. The molecule has 3 heteroatoms. The van der Waals surface area contributed by atoms with Gasteiger partial charge < -0.3 is 5.21 Å². The van der Waals surface area contributed by atoms with E-state index < -0.39 is 0 Å². The van der Waals surface area contributed by atoms with Crippen LogP contribution >= 0.6 is 0 Å². The monoisotopic (exact) mass is 133 g/mol. The Morgan fingerprint density at radius 2 is 2.00 bits per heavy atom. The fourth-order valence-corrected chi connectivity index (χ4v) is 0.461. The van der Waals surface area contributed by atoms with Gasteiger partial charge in [0.15, 0.2) is 0 Å². The van der Waals surface area contributed by atoms with Gasteiger partial charge in [-0.3, -0.25) is 0 Å². The Morgan fingerprint density at radius 1 is 1.56 bits per heavy atom. The molecule has 3 nitrogen and oxygen atoms in total. The van der Waals surface area contributed by atoms with E-state index in [-0.39, 0.29) is 10.8 Å². The van der Waals surface area contributed by atoms with E-state index >= 15 is 0 Å². The second kappa shape index (κ2) is 3.15.